The molecule has 26 heavy (non-hydrogen) atoms. The van der Waals surface area contributed by atoms with Gasteiger partial charge >= 0.3 is 0 Å². The average molecular weight is 370 g/mol. The lowest BCUT2D eigenvalue weighted by Crippen LogP contribution is -2.04. The van der Waals surface area contributed by atoms with Crippen molar-refractivity contribution in [1.82, 2.24) is 4.57 Å². The van der Waals surface area contributed by atoms with Gasteiger partial charge in [0.2, 0.25) is 9.84 Å². The van der Waals surface area contributed by atoms with Gasteiger partial charge in [0.15, 0.2) is 16.5 Å². The molecule has 0 radical (unpaired) electrons. The summed E-state index contributed by atoms with van der Waals surface area (Å²) in [4.78, 5) is -0.454. The molecule has 3 rings (SSSR count). The molecule has 4 nitrogen and oxygen atoms in total. The maximum absolute atomic E-state index is 13.5. The number of rotatable bonds is 4. The lowest BCUT2D eigenvalue weighted by Gasteiger charge is -2.08. The Morgan fingerprint density at radius 3 is 2.38 bits per heavy atom. The smallest absolute Gasteiger partial charge is 0.216 e. The van der Waals surface area contributed by atoms with E-state index < -0.39 is 26.4 Å². The highest BCUT2D eigenvalue weighted by Crippen LogP contribution is 2.23. The molecule has 0 aliphatic rings. The summed E-state index contributed by atoms with van der Waals surface area (Å²) in [7, 11) is -3.99. The summed E-state index contributed by atoms with van der Waals surface area (Å²) in [6.45, 7) is 0. The number of halogens is 2. The second-order valence-electron chi connectivity index (χ2n) is 5.34. The van der Waals surface area contributed by atoms with Gasteiger partial charge in [0, 0.05) is 23.6 Å². The number of aromatic nitrogens is 1. The topological polar surface area (TPSA) is 62.9 Å². The van der Waals surface area contributed by atoms with Crippen molar-refractivity contribution in [3.63, 3.8) is 0 Å². The third-order valence-corrected chi connectivity index (χ3v) is 5.37. The van der Waals surface area contributed by atoms with E-state index in [0.717, 1.165) is 12.1 Å². The Hall–Kier alpha value is -3.24. The van der Waals surface area contributed by atoms with Gasteiger partial charge in [0.05, 0.1) is 4.90 Å². The van der Waals surface area contributed by atoms with Crippen LogP contribution in [0.5, 0.6) is 0 Å². The molecule has 0 spiro atoms. The van der Waals surface area contributed by atoms with Crippen molar-refractivity contribution >= 4 is 15.9 Å². The molecule has 0 unspecified atom stereocenters. The van der Waals surface area contributed by atoms with Crippen LogP contribution in [0.2, 0.25) is 0 Å². The number of sulfone groups is 1. The van der Waals surface area contributed by atoms with E-state index in [1.807, 2.05) is 0 Å². The van der Waals surface area contributed by atoms with Gasteiger partial charge < -0.3 is 4.57 Å². The van der Waals surface area contributed by atoms with E-state index in [0.29, 0.717) is 11.4 Å². The fourth-order valence-corrected chi connectivity index (χ4v) is 3.58. The van der Waals surface area contributed by atoms with E-state index in [2.05, 4.69) is 0 Å². The van der Waals surface area contributed by atoms with Gasteiger partial charge in [-0.2, -0.15) is 5.26 Å². The van der Waals surface area contributed by atoms with Crippen molar-refractivity contribution in [3.8, 4) is 11.8 Å². The summed E-state index contributed by atoms with van der Waals surface area (Å²) in [5, 5.41) is 9.35. The largest absolute Gasteiger partial charge is 0.317 e. The molecule has 0 fully saturated rings. The van der Waals surface area contributed by atoms with Crippen molar-refractivity contribution in [3.05, 3.63) is 89.1 Å². The fourth-order valence-electron chi connectivity index (χ4n) is 2.41. The van der Waals surface area contributed by atoms with Gasteiger partial charge in [-0.15, -0.1) is 0 Å². The maximum atomic E-state index is 13.5. The quantitative estimate of drug-likeness (QED) is 0.650. The molecule has 7 heteroatoms. The van der Waals surface area contributed by atoms with Crippen LogP contribution in [0, 0.1) is 23.0 Å². The first-order valence-electron chi connectivity index (χ1n) is 7.48. The highest BCUT2D eigenvalue weighted by molar-refractivity contribution is 7.95. The zero-order valence-corrected chi connectivity index (χ0v) is 14.1. The number of hydrogen-bond donors (Lipinski definition) is 0. The molecule has 1 aromatic heterocycles. The van der Waals surface area contributed by atoms with E-state index >= 15 is 0 Å². The third-order valence-electron chi connectivity index (χ3n) is 3.69. The van der Waals surface area contributed by atoms with Gasteiger partial charge in [0.1, 0.15) is 6.07 Å². The predicted octanol–water partition coefficient (Wildman–Crippen LogP) is 4.09. The molecule has 0 amide bonds. The Bertz CT molecular complexity index is 1130. The summed E-state index contributed by atoms with van der Waals surface area (Å²) >= 11 is 0. The molecule has 3 aromatic rings. The van der Waals surface area contributed by atoms with Crippen molar-refractivity contribution in [1.29, 1.82) is 5.26 Å². The summed E-state index contributed by atoms with van der Waals surface area (Å²) in [6.07, 6.45) is 2.76. The van der Waals surface area contributed by atoms with Crippen LogP contribution in [0.4, 0.5) is 8.78 Å². The summed E-state index contributed by atoms with van der Waals surface area (Å²) in [5.41, 5.74) is 0.640. The Labute approximate surface area is 149 Å². The Balaban J connectivity index is 2.09. The summed E-state index contributed by atoms with van der Waals surface area (Å²) in [6, 6.07) is 15.8. The molecule has 0 N–H and O–H groups in total. The maximum Gasteiger partial charge on any atom is 0.216 e. The molecular weight excluding hydrogens is 358 g/mol. The fraction of sp³-hybridized carbons (Fsp3) is 0. The van der Waals surface area contributed by atoms with Crippen LogP contribution in [0.15, 0.2) is 76.7 Å². The van der Waals surface area contributed by atoms with Crippen molar-refractivity contribution in [2.24, 2.45) is 0 Å². The monoisotopic (exact) mass is 370 g/mol. The van der Waals surface area contributed by atoms with E-state index in [1.165, 1.54) is 28.8 Å². The molecule has 0 aliphatic carbocycles. The van der Waals surface area contributed by atoms with Crippen LogP contribution in [-0.2, 0) is 9.84 Å². The zero-order valence-electron chi connectivity index (χ0n) is 13.3. The first-order chi connectivity index (χ1) is 12.4. The van der Waals surface area contributed by atoms with Gasteiger partial charge in [-0.25, -0.2) is 17.2 Å². The van der Waals surface area contributed by atoms with Gasteiger partial charge in [-0.05, 0) is 42.5 Å². The molecule has 130 valence electrons. The third kappa shape index (κ3) is 3.27. The Kier molecular flexibility index (Phi) is 4.69. The number of hydrogen-bond acceptors (Lipinski definition) is 3. The number of nitriles is 1. The first kappa shape index (κ1) is 17.6. The van der Waals surface area contributed by atoms with Gasteiger partial charge in [0.25, 0.3) is 0 Å². The summed E-state index contributed by atoms with van der Waals surface area (Å²) < 4.78 is 53.3. The van der Waals surface area contributed by atoms with Gasteiger partial charge in [-0.3, -0.25) is 0 Å². The molecule has 0 saturated carbocycles. The lowest BCUT2D eigenvalue weighted by molar-refractivity contribution is 0.508. The van der Waals surface area contributed by atoms with Gasteiger partial charge in [-0.1, -0.05) is 18.2 Å². The molecule has 2 aromatic carbocycles. The second-order valence-corrected chi connectivity index (χ2v) is 7.26. The molecular formula is C19H12F2N2O2S. The van der Waals surface area contributed by atoms with Crippen LogP contribution in [0.1, 0.15) is 5.69 Å². The minimum absolute atomic E-state index is 0.00117. The molecule has 0 bridgehead atoms. The van der Waals surface area contributed by atoms with Crippen LogP contribution < -0.4 is 0 Å². The first-order valence-corrected chi connectivity index (χ1v) is 8.96. The van der Waals surface area contributed by atoms with E-state index in [1.54, 1.807) is 42.6 Å². The standard InChI is InChI=1S/C19H12F2N2O2S/c20-18-9-8-15(12-19(18)21)23-10-4-5-14(23)11-17(13-22)26(24,25)16-6-2-1-3-7-16/h1-12H/b17-11+. The van der Waals surface area contributed by atoms with E-state index in [4.69, 9.17) is 0 Å². The SMILES string of the molecule is N#C/C(=C\c1cccn1-c1ccc(F)c(F)c1)S(=O)(=O)c1ccccc1. The number of nitrogens with zero attached hydrogens (tertiary/aromatic N) is 2. The normalized spacial score (nSPS) is 12.0. The number of benzene rings is 2. The summed E-state index contributed by atoms with van der Waals surface area (Å²) in [5.74, 6) is -2.01. The van der Waals surface area contributed by atoms with Crippen LogP contribution in [-0.4, -0.2) is 13.0 Å². The van der Waals surface area contributed by atoms with Crippen LogP contribution in [0.25, 0.3) is 11.8 Å². The second kappa shape index (κ2) is 6.94. The molecule has 0 saturated heterocycles. The molecule has 0 aliphatic heterocycles. The highest BCUT2D eigenvalue weighted by atomic mass is 32.2. The van der Waals surface area contributed by atoms with Crippen molar-refractivity contribution in [2.45, 2.75) is 4.90 Å². The van der Waals surface area contributed by atoms with Crippen molar-refractivity contribution in [2.75, 3.05) is 0 Å². The average Bonchev–Trinajstić information content (AvgIpc) is 3.11. The Morgan fingerprint density at radius 2 is 1.73 bits per heavy atom. The number of allylic oxidation sites excluding steroid dienone is 1. The minimum Gasteiger partial charge on any atom is -0.317 e. The van der Waals surface area contributed by atoms with E-state index in [9.17, 15) is 22.5 Å². The minimum atomic E-state index is -3.99. The van der Waals surface area contributed by atoms with E-state index in [-0.39, 0.29) is 4.90 Å². The lowest BCUT2D eigenvalue weighted by atomic mass is 10.3. The van der Waals surface area contributed by atoms with Crippen LogP contribution in [0.3, 0.4) is 0 Å². The predicted molar refractivity (Wildman–Crippen MR) is 92.9 cm³/mol. The molecule has 0 atom stereocenters. The highest BCUT2D eigenvalue weighted by Gasteiger charge is 2.21. The molecule has 1 heterocycles. The van der Waals surface area contributed by atoms with Crippen molar-refractivity contribution < 1.29 is 17.2 Å². The Morgan fingerprint density at radius 1 is 1.00 bits per heavy atom. The van der Waals surface area contributed by atoms with Crippen LogP contribution >= 0.6 is 0 Å². The zero-order chi connectivity index (χ0) is 18.7.